The van der Waals surface area contributed by atoms with Crippen LogP contribution in [0, 0.1) is 6.92 Å². The van der Waals surface area contributed by atoms with Gasteiger partial charge in [-0.3, -0.25) is 4.90 Å². The monoisotopic (exact) mass is 540 g/mol. The summed E-state index contributed by atoms with van der Waals surface area (Å²) in [5.74, 6) is 1.28. The summed E-state index contributed by atoms with van der Waals surface area (Å²) in [5.41, 5.74) is 5.19. The molecule has 7 nitrogen and oxygen atoms in total. The van der Waals surface area contributed by atoms with E-state index in [1.807, 2.05) is 84.4 Å². The number of rotatable bonds is 7. The van der Waals surface area contributed by atoms with Crippen molar-refractivity contribution in [2.45, 2.75) is 32.4 Å². The first kappa shape index (κ1) is 25.1. The number of nitrogens with zero attached hydrogens (tertiary/aromatic N) is 3. The van der Waals surface area contributed by atoms with Crippen LogP contribution in [-0.4, -0.2) is 38.7 Å². The molecule has 0 spiro atoms. The van der Waals surface area contributed by atoms with E-state index < -0.39 is 6.09 Å². The Kier molecular flexibility index (Phi) is 6.99. The number of hydrogen-bond donors (Lipinski definition) is 1. The van der Waals surface area contributed by atoms with Crippen LogP contribution in [0.3, 0.4) is 0 Å². The third kappa shape index (κ3) is 5.36. The smallest absolute Gasteiger partial charge is 0.416 e. The molecule has 1 aliphatic heterocycles. The molecule has 6 rings (SSSR count). The molecular formula is C31H29ClN4O3. The average molecular weight is 541 g/mol. The molecule has 2 aromatic heterocycles. The molecule has 5 aromatic rings. The molecule has 1 atom stereocenters. The van der Waals surface area contributed by atoms with Crippen LogP contribution in [0.2, 0.25) is 5.02 Å². The van der Waals surface area contributed by atoms with E-state index >= 15 is 0 Å². The van der Waals surface area contributed by atoms with E-state index in [0.29, 0.717) is 30.3 Å². The summed E-state index contributed by atoms with van der Waals surface area (Å²) in [6.45, 7) is 3.92. The molecule has 1 aliphatic rings. The van der Waals surface area contributed by atoms with Crippen molar-refractivity contribution in [1.82, 2.24) is 19.4 Å². The Morgan fingerprint density at radius 1 is 1.10 bits per heavy atom. The lowest BCUT2D eigenvalue weighted by Crippen LogP contribution is -2.42. The van der Waals surface area contributed by atoms with Crippen LogP contribution in [0.1, 0.15) is 34.8 Å². The average Bonchev–Trinajstić information content (AvgIpc) is 3.60. The maximum atomic E-state index is 13.6. The van der Waals surface area contributed by atoms with E-state index in [4.69, 9.17) is 21.1 Å². The number of H-pyrrole nitrogens is 1. The molecule has 1 amide bonds. The van der Waals surface area contributed by atoms with Gasteiger partial charge >= 0.3 is 6.09 Å². The molecule has 0 aliphatic carbocycles. The van der Waals surface area contributed by atoms with Crippen molar-refractivity contribution in [3.63, 3.8) is 0 Å². The number of aromatic nitrogens is 3. The van der Waals surface area contributed by atoms with E-state index in [0.717, 1.165) is 46.4 Å². The van der Waals surface area contributed by atoms with E-state index in [9.17, 15) is 4.79 Å². The molecule has 39 heavy (non-hydrogen) atoms. The quantitative estimate of drug-likeness (QED) is 0.227. The minimum Gasteiger partial charge on any atom is -0.494 e. The maximum Gasteiger partial charge on any atom is 0.416 e. The summed E-state index contributed by atoms with van der Waals surface area (Å²) in [4.78, 5) is 23.0. The molecule has 198 valence electrons. The van der Waals surface area contributed by atoms with Crippen molar-refractivity contribution in [3.8, 4) is 11.5 Å². The van der Waals surface area contributed by atoms with E-state index in [-0.39, 0.29) is 6.04 Å². The largest absolute Gasteiger partial charge is 0.494 e. The summed E-state index contributed by atoms with van der Waals surface area (Å²) in [5, 5.41) is 1.77. The number of carbonyl (C=O) groups excluding carboxylic acids is 1. The van der Waals surface area contributed by atoms with Gasteiger partial charge in [-0.05, 0) is 73.4 Å². The Bertz CT molecular complexity index is 1590. The lowest BCUT2D eigenvalue weighted by atomic mass is 9.92. The van der Waals surface area contributed by atoms with Gasteiger partial charge in [-0.2, -0.15) is 0 Å². The number of amides is 1. The van der Waals surface area contributed by atoms with Crippen LogP contribution >= 0.6 is 11.6 Å². The van der Waals surface area contributed by atoms with Crippen LogP contribution < -0.4 is 9.47 Å². The zero-order valence-electron chi connectivity index (χ0n) is 21.6. The Balaban J connectivity index is 1.30. The van der Waals surface area contributed by atoms with Gasteiger partial charge in [0.2, 0.25) is 0 Å². The van der Waals surface area contributed by atoms with Crippen LogP contribution in [0.25, 0.3) is 10.9 Å². The fourth-order valence-corrected chi connectivity index (χ4v) is 5.37. The fraction of sp³-hybridized carbons (Fsp3) is 0.226. The third-order valence-electron chi connectivity index (χ3n) is 7.11. The van der Waals surface area contributed by atoms with Gasteiger partial charge in [0.25, 0.3) is 0 Å². The summed E-state index contributed by atoms with van der Waals surface area (Å²) < 4.78 is 14.0. The number of imidazole rings is 1. The lowest BCUT2D eigenvalue weighted by Gasteiger charge is -2.35. The van der Waals surface area contributed by atoms with Crippen molar-refractivity contribution in [3.05, 3.63) is 113 Å². The van der Waals surface area contributed by atoms with Crippen LogP contribution in [-0.2, 0) is 13.0 Å². The Hall–Kier alpha value is -4.23. The zero-order valence-corrected chi connectivity index (χ0v) is 22.4. The minimum atomic E-state index is -0.391. The highest BCUT2D eigenvalue weighted by Gasteiger charge is 2.36. The van der Waals surface area contributed by atoms with Gasteiger partial charge in [0.05, 0.1) is 12.9 Å². The van der Waals surface area contributed by atoms with E-state index in [1.165, 1.54) is 5.56 Å². The molecule has 0 bridgehead atoms. The highest BCUT2D eigenvalue weighted by molar-refractivity contribution is 6.31. The summed E-state index contributed by atoms with van der Waals surface area (Å²) in [7, 11) is 0. The number of aryl methyl sites for hydroxylation is 2. The summed E-state index contributed by atoms with van der Waals surface area (Å²) in [6.07, 6.45) is 6.68. The van der Waals surface area contributed by atoms with Gasteiger partial charge < -0.3 is 19.0 Å². The summed E-state index contributed by atoms with van der Waals surface area (Å²) >= 11 is 6.35. The van der Waals surface area contributed by atoms with Gasteiger partial charge in [0.1, 0.15) is 17.5 Å². The number of carbonyl (C=O) groups is 1. The second-order valence-electron chi connectivity index (χ2n) is 9.81. The van der Waals surface area contributed by atoms with Crippen LogP contribution in [0.5, 0.6) is 11.5 Å². The van der Waals surface area contributed by atoms with E-state index in [1.54, 1.807) is 17.4 Å². The molecule has 8 heteroatoms. The Morgan fingerprint density at radius 2 is 1.97 bits per heavy atom. The van der Waals surface area contributed by atoms with Crippen molar-refractivity contribution >= 4 is 28.6 Å². The molecule has 0 saturated carbocycles. The standard InChI is InChI=1S/C31H29ClN4O3/c1-21-6-9-24(10-7-21)39-31(37)36-15-12-26-27-19-23(32)8-11-28(27)34-29(26)30(36)22-4-2-5-25(18-22)38-17-3-14-35-16-13-33-20-35/h2,4-11,13,16,18-20,30,34H,3,12,14-15,17H2,1H3. The van der Waals surface area contributed by atoms with Gasteiger partial charge in [0, 0.05) is 47.1 Å². The second kappa shape index (κ2) is 10.9. The SMILES string of the molecule is Cc1ccc(OC(=O)N2CCc3c([nH]c4ccc(Cl)cc34)C2c2cccc(OCCCn3ccnc3)c2)cc1. The first-order valence-electron chi connectivity index (χ1n) is 13.1. The van der Waals surface area contributed by atoms with Crippen molar-refractivity contribution in [2.75, 3.05) is 13.2 Å². The summed E-state index contributed by atoms with van der Waals surface area (Å²) in [6, 6.07) is 21.0. The number of nitrogens with one attached hydrogen (secondary N) is 1. The molecule has 0 radical (unpaired) electrons. The van der Waals surface area contributed by atoms with Gasteiger partial charge in [-0.1, -0.05) is 41.4 Å². The molecular weight excluding hydrogens is 512 g/mol. The lowest BCUT2D eigenvalue weighted by molar-refractivity contribution is 0.135. The number of ether oxygens (including phenoxy) is 2. The van der Waals surface area contributed by atoms with E-state index in [2.05, 4.69) is 9.97 Å². The van der Waals surface area contributed by atoms with Gasteiger partial charge in [0.15, 0.2) is 0 Å². The topological polar surface area (TPSA) is 72.4 Å². The van der Waals surface area contributed by atoms with Crippen LogP contribution in [0.4, 0.5) is 4.79 Å². The highest BCUT2D eigenvalue weighted by atomic mass is 35.5. The maximum absolute atomic E-state index is 13.6. The highest BCUT2D eigenvalue weighted by Crippen LogP contribution is 2.40. The molecule has 1 unspecified atom stereocenters. The third-order valence-corrected chi connectivity index (χ3v) is 7.35. The fourth-order valence-electron chi connectivity index (χ4n) is 5.20. The molecule has 0 saturated heterocycles. The van der Waals surface area contributed by atoms with Gasteiger partial charge in [-0.15, -0.1) is 0 Å². The van der Waals surface area contributed by atoms with Crippen molar-refractivity contribution in [2.24, 2.45) is 0 Å². The predicted molar refractivity (Wildman–Crippen MR) is 152 cm³/mol. The number of hydrogen-bond acceptors (Lipinski definition) is 4. The number of aromatic amines is 1. The number of fused-ring (bicyclic) bond motifs is 3. The second-order valence-corrected chi connectivity index (χ2v) is 10.2. The molecule has 0 fully saturated rings. The Morgan fingerprint density at radius 3 is 2.79 bits per heavy atom. The minimum absolute atomic E-state index is 0.368. The van der Waals surface area contributed by atoms with Gasteiger partial charge in [-0.25, -0.2) is 9.78 Å². The Labute approximate surface area is 231 Å². The van der Waals surface area contributed by atoms with Crippen LogP contribution in [0.15, 0.2) is 85.5 Å². The first-order valence-corrected chi connectivity index (χ1v) is 13.5. The molecule has 1 N–H and O–H groups in total. The first-order chi connectivity index (χ1) is 19.0. The van der Waals surface area contributed by atoms with Crippen molar-refractivity contribution in [1.29, 1.82) is 0 Å². The number of halogens is 1. The zero-order chi connectivity index (χ0) is 26.8. The molecule has 3 aromatic carbocycles. The number of benzene rings is 3. The van der Waals surface area contributed by atoms with Crippen molar-refractivity contribution < 1.29 is 14.3 Å². The predicted octanol–water partition coefficient (Wildman–Crippen LogP) is 6.94. The molecule has 3 heterocycles. The normalized spacial score (nSPS) is 14.8.